The number of hydrogen-bond donors (Lipinski definition) is 0. The summed E-state index contributed by atoms with van der Waals surface area (Å²) in [6.45, 7) is 19.8. The summed E-state index contributed by atoms with van der Waals surface area (Å²) in [7, 11) is -3.15. The van der Waals surface area contributed by atoms with E-state index < -0.39 is 15.4 Å². The van der Waals surface area contributed by atoms with Gasteiger partial charge in [0.05, 0.1) is 22.8 Å². The number of sulfone groups is 1. The van der Waals surface area contributed by atoms with Gasteiger partial charge in [0.1, 0.15) is 49.9 Å². The van der Waals surface area contributed by atoms with Gasteiger partial charge in [-0.2, -0.15) is 0 Å². The zero-order valence-electron chi connectivity index (χ0n) is 41.7. The predicted octanol–water partition coefficient (Wildman–Crippen LogP) is 13.3. The van der Waals surface area contributed by atoms with Gasteiger partial charge in [0.2, 0.25) is 0 Å². The van der Waals surface area contributed by atoms with Gasteiger partial charge >= 0.3 is 0 Å². The first-order chi connectivity index (χ1) is 32.6. The van der Waals surface area contributed by atoms with Crippen LogP contribution in [0.25, 0.3) is 0 Å². The number of nitrogens with zero attached hydrogens (tertiary/aromatic N) is 7. The van der Waals surface area contributed by atoms with Crippen molar-refractivity contribution in [3.63, 3.8) is 0 Å². The van der Waals surface area contributed by atoms with Crippen LogP contribution in [0.3, 0.4) is 0 Å². The molecule has 4 aliphatic carbocycles. The van der Waals surface area contributed by atoms with E-state index in [9.17, 15) is 8.42 Å². The number of rotatable bonds is 10. The summed E-state index contributed by atoms with van der Waals surface area (Å²) in [5, 5.41) is 32.1. The van der Waals surface area contributed by atoms with Gasteiger partial charge in [-0.15, -0.1) is 23.5 Å². The minimum absolute atomic E-state index is 0.141. The highest BCUT2D eigenvalue weighted by Crippen LogP contribution is 2.46. The van der Waals surface area contributed by atoms with Gasteiger partial charge in [-0.1, -0.05) is 68.0 Å². The molecule has 4 aromatic rings. The predicted molar refractivity (Wildman–Crippen MR) is 277 cm³/mol. The first kappa shape index (κ1) is 53.7. The second kappa shape index (κ2) is 22.3. The Morgan fingerprint density at radius 3 is 1.29 bits per heavy atom. The largest absolute Gasteiger partial charge is 0.389 e. The monoisotopic (exact) mass is 1140 g/mol. The fraction of sp³-hybridized carbons (Fsp3) is 0.688. The molecule has 4 aromatic heterocycles. The Morgan fingerprint density at radius 2 is 0.913 bits per heavy atom. The van der Waals surface area contributed by atoms with Gasteiger partial charge in [-0.3, -0.25) is 0 Å². The number of aryl methyl sites for hydroxylation is 4. The lowest BCUT2D eigenvalue weighted by atomic mass is 10.1. The molecule has 0 aromatic carbocycles. The Morgan fingerprint density at radius 1 is 0.522 bits per heavy atom. The van der Waals surface area contributed by atoms with E-state index in [1.54, 1.807) is 37.4 Å². The quantitative estimate of drug-likeness (QED) is 0.136. The van der Waals surface area contributed by atoms with Crippen LogP contribution >= 0.6 is 55.4 Å². The third-order valence-electron chi connectivity index (χ3n) is 12.3. The summed E-state index contributed by atoms with van der Waals surface area (Å²) >= 11 is 10.4. The molecule has 0 spiro atoms. The lowest BCUT2D eigenvalue weighted by Gasteiger charge is -2.13. The summed E-state index contributed by atoms with van der Waals surface area (Å²) < 4.78 is 42.9. The first-order valence-electron chi connectivity index (χ1n) is 23.7. The van der Waals surface area contributed by atoms with Crippen LogP contribution in [0, 0.1) is 27.7 Å². The Labute approximate surface area is 431 Å². The second-order valence-corrected chi connectivity index (χ2v) is 25.9. The van der Waals surface area contributed by atoms with E-state index in [4.69, 9.17) is 32.6 Å². The smallest absolute Gasteiger partial charge is 0.192 e. The number of oxime groups is 3. The molecule has 0 unspecified atom stereocenters. The average molecular weight is 1140 g/mol. The number of halogens is 2. The van der Waals surface area contributed by atoms with E-state index >= 15 is 0 Å². The minimum Gasteiger partial charge on any atom is -0.389 e. The summed E-state index contributed by atoms with van der Waals surface area (Å²) in [6.07, 6.45) is 13.4. The Kier molecular flexibility index (Phi) is 17.4. The van der Waals surface area contributed by atoms with Gasteiger partial charge < -0.3 is 32.6 Å². The van der Waals surface area contributed by atoms with Gasteiger partial charge in [-0.25, -0.2) is 8.42 Å². The van der Waals surface area contributed by atoms with Crippen molar-refractivity contribution in [2.24, 2.45) is 15.5 Å². The maximum absolute atomic E-state index is 10.9. The van der Waals surface area contributed by atoms with E-state index in [-0.39, 0.29) is 16.2 Å². The maximum Gasteiger partial charge on any atom is 0.192 e. The molecule has 0 saturated heterocycles. The molecule has 0 radical (unpaired) electrons. The van der Waals surface area contributed by atoms with Crippen LogP contribution in [0.4, 0.5) is 0 Å². The van der Waals surface area contributed by atoms with Gasteiger partial charge in [0.25, 0.3) is 0 Å². The van der Waals surface area contributed by atoms with Crippen LogP contribution in [-0.2, 0) is 46.5 Å². The van der Waals surface area contributed by atoms with E-state index in [0.29, 0.717) is 30.1 Å². The van der Waals surface area contributed by atoms with Crippen LogP contribution < -0.4 is 0 Å². The maximum atomic E-state index is 10.9. The van der Waals surface area contributed by atoms with Crippen molar-refractivity contribution in [2.75, 3.05) is 6.26 Å². The Hall–Kier alpha value is -3.14. The molecule has 11 rings (SSSR count). The van der Waals surface area contributed by atoms with E-state index in [2.05, 4.69) is 95.6 Å². The van der Waals surface area contributed by atoms with Crippen molar-refractivity contribution in [3.8, 4) is 0 Å². The lowest BCUT2D eigenvalue weighted by molar-refractivity contribution is 0.0120. The second-order valence-electron chi connectivity index (χ2n) is 20.7. The van der Waals surface area contributed by atoms with E-state index in [1.165, 1.54) is 85.0 Å². The molecule has 69 heavy (non-hydrogen) atoms. The van der Waals surface area contributed by atoms with Crippen LogP contribution in [0.15, 0.2) is 33.6 Å². The summed E-state index contributed by atoms with van der Waals surface area (Å²) in [6, 6.07) is 0. The third-order valence-corrected chi connectivity index (χ3v) is 16.4. The van der Waals surface area contributed by atoms with Crippen LogP contribution in [0.2, 0.25) is 0 Å². The minimum atomic E-state index is -3.15. The highest BCUT2D eigenvalue weighted by atomic mass is 79.9. The molecule has 380 valence electrons. The molecule has 3 aliphatic heterocycles. The standard InChI is InChI=1S/2C13H18N2O2S.2C8H10BrNO.C6H11NO3S/c1-8-10(12(15-16-8)9-4-5-9)7-18-11-6-13(2,3)17-14-11;1-8-10(12(16-14-8)9-4-5-9)7-18-11-6-13(2,3)17-15-11;1-5-7(4-9)8(10-11-5)6-2-3-6;1-5-7(4-9)8(11-10-5)6-2-3-6;1-6(2)4-5(7-10-6)11(3,8)9/h2*9H,4-7H2,1-3H3;2*6H,2-4H2,1H3;4H2,1-3H3. The van der Waals surface area contributed by atoms with Crippen LogP contribution in [-0.4, -0.2) is 67.2 Å². The molecule has 21 heteroatoms. The van der Waals surface area contributed by atoms with Gasteiger partial charge in [0.15, 0.2) is 14.9 Å². The summed E-state index contributed by atoms with van der Waals surface area (Å²) in [5.41, 5.74) is 8.67. The zero-order chi connectivity index (χ0) is 49.9. The third kappa shape index (κ3) is 15.2. The normalized spacial score (nSPS) is 20.5. The van der Waals surface area contributed by atoms with Crippen molar-refractivity contribution in [1.82, 2.24) is 20.6 Å². The van der Waals surface area contributed by atoms with E-state index in [0.717, 1.165) is 85.8 Å². The SMILES string of the molecule is CC1(C)CC(S(C)(=O)=O)=NO1.Cc1noc(C2CC2)c1CBr.Cc1noc(C2CC2)c1CSC1=NOC(C)(C)C1.Cc1onc(C2CC2)c1CBr.Cc1onc(C2CC2)c1CSC1=NOC(C)(C)C1. The molecule has 16 nitrogen and oxygen atoms in total. The van der Waals surface area contributed by atoms with Crippen molar-refractivity contribution < 1.29 is 41.0 Å². The number of thioether (sulfide) groups is 2. The van der Waals surface area contributed by atoms with Crippen molar-refractivity contribution in [1.29, 1.82) is 0 Å². The molecular formula is C48H67Br2N7O9S3. The number of alkyl halides is 2. The first-order valence-corrected chi connectivity index (χ1v) is 29.8. The Bertz CT molecular complexity index is 2470. The number of hydrogen-bond acceptors (Lipinski definition) is 18. The van der Waals surface area contributed by atoms with Gasteiger partial charge in [0, 0.05) is 93.6 Å². The molecular weight excluding hydrogens is 1070 g/mol. The summed E-state index contributed by atoms with van der Waals surface area (Å²) in [5.74, 6) is 8.50. The van der Waals surface area contributed by atoms with Crippen molar-refractivity contribution in [2.45, 2.75) is 203 Å². The highest BCUT2D eigenvalue weighted by molar-refractivity contribution is 9.08. The fourth-order valence-corrected chi connectivity index (χ4v) is 12.0. The molecule has 4 saturated carbocycles. The Balaban J connectivity index is 0.000000130. The molecule has 0 atom stereocenters. The van der Waals surface area contributed by atoms with E-state index in [1.807, 2.05) is 27.7 Å². The van der Waals surface area contributed by atoms with Crippen LogP contribution in [0.5, 0.6) is 0 Å². The lowest BCUT2D eigenvalue weighted by Crippen LogP contribution is -2.21. The zero-order valence-corrected chi connectivity index (χ0v) is 47.3. The summed E-state index contributed by atoms with van der Waals surface area (Å²) in [4.78, 5) is 15.6. The molecule has 0 amide bonds. The topological polar surface area (TPSA) is 203 Å². The molecule has 4 fully saturated rings. The molecule has 7 heterocycles. The average Bonchev–Trinajstić information content (AvgIpc) is 4.20. The molecule has 0 N–H and O–H groups in total. The molecule has 0 bridgehead atoms. The fourth-order valence-electron chi connectivity index (χ4n) is 7.47. The number of aromatic nitrogens is 4. The highest BCUT2D eigenvalue weighted by Gasteiger charge is 2.36. The molecule has 7 aliphatic rings. The van der Waals surface area contributed by atoms with Crippen LogP contribution in [0.1, 0.15) is 204 Å². The van der Waals surface area contributed by atoms with Crippen molar-refractivity contribution in [3.05, 3.63) is 68.1 Å². The van der Waals surface area contributed by atoms with Gasteiger partial charge in [-0.05, 0) is 121 Å². The van der Waals surface area contributed by atoms with Crippen molar-refractivity contribution >= 4 is 80.4 Å².